The second kappa shape index (κ2) is 7.41. The van der Waals surface area contributed by atoms with Crippen molar-refractivity contribution in [1.82, 2.24) is 14.5 Å². The Labute approximate surface area is 149 Å². The Hall–Kier alpha value is -1.48. The first-order valence-electron chi connectivity index (χ1n) is 8.58. The maximum Gasteiger partial charge on any atom is 0.338 e. The zero-order valence-electron chi connectivity index (χ0n) is 14.7. The van der Waals surface area contributed by atoms with E-state index < -0.39 is 16.0 Å². The van der Waals surface area contributed by atoms with Gasteiger partial charge in [-0.15, -0.1) is 0 Å². The molecule has 2 aliphatic rings. The number of nitrogens with zero attached hydrogens (tertiary/aromatic N) is 2. The van der Waals surface area contributed by atoms with Gasteiger partial charge in [-0.25, -0.2) is 13.2 Å². The molecule has 1 aromatic carbocycles. The van der Waals surface area contributed by atoms with E-state index in [1.807, 2.05) is 0 Å². The second-order valence-corrected chi connectivity index (χ2v) is 8.42. The number of sulfonamides is 1. The molecule has 3 rings (SSSR count). The van der Waals surface area contributed by atoms with Crippen LogP contribution in [0.2, 0.25) is 0 Å². The van der Waals surface area contributed by atoms with Crippen LogP contribution in [0.3, 0.4) is 0 Å². The summed E-state index contributed by atoms with van der Waals surface area (Å²) in [5, 5.41) is 3.32. The summed E-state index contributed by atoms with van der Waals surface area (Å²) in [6.45, 7) is 6.48. The number of hydrogen-bond acceptors (Lipinski definition) is 6. The van der Waals surface area contributed by atoms with E-state index in [0.29, 0.717) is 24.2 Å². The molecular formula is C17H25N3O4S. The van der Waals surface area contributed by atoms with Gasteiger partial charge in [-0.2, -0.15) is 4.31 Å². The number of carbonyl (C=O) groups is 1. The lowest BCUT2D eigenvalue weighted by atomic mass is 10.1. The van der Waals surface area contributed by atoms with Crippen LogP contribution in [0.1, 0.15) is 22.3 Å². The molecule has 2 heterocycles. The topological polar surface area (TPSA) is 79.0 Å². The van der Waals surface area contributed by atoms with E-state index in [9.17, 15) is 13.2 Å². The SMILES string of the molecule is COC(=O)c1cccc(S(=O)(=O)N2CCC(N3CCNCC3)C2)c1C. The van der Waals surface area contributed by atoms with Crippen LogP contribution in [0, 0.1) is 6.92 Å². The summed E-state index contributed by atoms with van der Waals surface area (Å²) in [6.07, 6.45) is 0.842. The average molecular weight is 367 g/mol. The van der Waals surface area contributed by atoms with Crippen LogP contribution in [0.4, 0.5) is 0 Å². The summed E-state index contributed by atoms with van der Waals surface area (Å²) in [5.74, 6) is -0.519. The standard InChI is InChI=1S/C17H25N3O4S/c1-13-15(17(21)24-2)4-3-5-16(13)25(22,23)20-9-6-14(12-20)19-10-7-18-8-11-19/h3-5,14,18H,6-12H2,1-2H3. The number of methoxy groups -OCH3 is 1. The molecule has 138 valence electrons. The summed E-state index contributed by atoms with van der Waals surface area (Å²) in [4.78, 5) is 14.4. The van der Waals surface area contributed by atoms with Gasteiger partial charge in [-0.05, 0) is 31.0 Å². The first kappa shape index (κ1) is 18.3. The van der Waals surface area contributed by atoms with Crippen molar-refractivity contribution in [1.29, 1.82) is 0 Å². The fourth-order valence-electron chi connectivity index (χ4n) is 3.64. The molecule has 1 N–H and O–H groups in total. The Morgan fingerprint density at radius 2 is 1.96 bits per heavy atom. The van der Waals surface area contributed by atoms with Gasteiger partial charge < -0.3 is 10.1 Å². The molecule has 1 aromatic rings. The van der Waals surface area contributed by atoms with Crippen LogP contribution < -0.4 is 5.32 Å². The van der Waals surface area contributed by atoms with E-state index in [0.717, 1.165) is 32.6 Å². The zero-order valence-corrected chi connectivity index (χ0v) is 15.5. The largest absolute Gasteiger partial charge is 0.465 e. The molecule has 2 saturated heterocycles. The number of nitrogens with one attached hydrogen (secondary N) is 1. The molecule has 0 aromatic heterocycles. The van der Waals surface area contributed by atoms with Crippen molar-refractivity contribution in [3.63, 3.8) is 0 Å². The Bertz CT molecular complexity index is 744. The minimum atomic E-state index is -3.62. The van der Waals surface area contributed by atoms with E-state index in [1.165, 1.54) is 7.11 Å². The Balaban J connectivity index is 1.82. The van der Waals surface area contributed by atoms with Gasteiger partial charge in [0, 0.05) is 45.3 Å². The van der Waals surface area contributed by atoms with E-state index >= 15 is 0 Å². The van der Waals surface area contributed by atoms with Crippen molar-refractivity contribution in [2.24, 2.45) is 0 Å². The van der Waals surface area contributed by atoms with Gasteiger partial charge in [0.2, 0.25) is 10.0 Å². The summed E-state index contributed by atoms with van der Waals surface area (Å²) in [6, 6.07) is 5.01. The van der Waals surface area contributed by atoms with Crippen molar-refractivity contribution >= 4 is 16.0 Å². The Kier molecular flexibility index (Phi) is 5.43. The van der Waals surface area contributed by atoms with Crippen LogP contribution in [0.5, 0.6) is 0 Å². The molecule has 2 fully saturated rings. The van der Waals surface area contributed by atoms with Crippen LogP contribution in [-0.4, -0.2) is 76.0 Å². The minimum absolute atomic E-state index is 0.191. The summed E-state index contributed by atoms with van der Waals surface area (Å²) in [7, 11) is -2.33. The van der Waals surface area contributed by atoms with Gasteiger partial charge in [0.05, 0.1) is 17.6 Å². The van der Waals surface area contributed by atoms with Gasteiger partial charge in [0.15, 0.2) is 0 Å². The lowest BCUT2D eigenvalue weighted by Gasteiger charge is -2.32. The molecule has 0 bridgehead atoms. The lowest BCUT2D eigenvalue weighted by Crippen LogP contribution is -2.49. The van der Waals surface area contributed by atoms with Gasteiger partial charge >= 0.3 is 5.97 Å². The molecule has 25 heavy (non-hydrogen) atoms. The quantitative estimate of drug-likeness (QED) is 0.779. The molecule has 1 atom stereocenters. The normalized spacial score (nSPS) is 22.9. The molecule has 1 unspecified atom stereocenters. The first-order chi connectivity index (χ1) is 11.9. The number of esters is 1. The highest BCUT2D eigenvalue weighted by Gasteiger charge is 2.36. The predicted octanol–water partition coefficient (Wildman–Crippen LogP) is 0.450. The van der Waals surface area contributed by atoms with E-state index in [-0.39, 0.29) is 10.9 Å². The summed E-state index contributed by atoms with van der Waals surface area (Å²) >= 11 is 0. The fourth-order valence-corrected chi connectivity index (χ4v) is 5.38. The van der Waals surface area contributed by atoms with E-state index in [2.05, 4.69) is 10.2 Å². The maximum atomic E-state index is 13.1. The summed E-state index contributed by atoms with van der Waals surface area (Å²) in [5.41, 5.74) is 0.737. The molecule has 0 spiro atoms. The number of benzene rings is 1. The number of piperazine rings is 1. The van der Waals surface area contributed by atoms with Gasteiger partial charge in [0.1, 0.15) is 0 Å². The minimum Gasteiger partial charge on any atom is -0.465 e. The molecule has 7 nitrogen and oxygen atoms in total. The molecular weight excluding hydrogens is 342 g/mol. The molecule has 0 aliphatic carbocycles. The third-order valence-electron chi connectivity index (χ3n) is 5.10. The maximum absolute atomic E-state index is 13.1. The highest BCUT2D eigenvalue weighted by atomic mass is 32.2. The van der Waals surface area contributed by atoms with Gasteiger partial charge in [0.25, 0.3) is 0 Å². The van der Waals surface area contributed by atoms with E-state index in [1.54, 1.807) is 29.4 Å². The average Bonchev–Trinajstić information content (AvgIpc) is 3.13. The third-order valence-corrected chi connectivity index (χ3v) is 7.11. The number of ether oxygens (including phenoxy) is 1. The van der Waals surface area contributed by atoms with Crippen molar-refractivity contribution < 1.29 is 17.9 Å². The molecule has 2 aliphatic heterocycles. The fraction of sp³-hybridized carbons (Fsp3) is 0.588. The van der Waals surface area contributed by atoms with Gasteiger partial charge in [-0.1, -0.05) is 6.07 Å². The van der Waals surface area contributed by atoms with Crippen molar-refractivity contribution in [3.8, 4) is 0 Å². The number of rotatable bonds is 4. The number of hydrogen-bond donors (Lipinski definition) is 1. The predicted molar refractivity (Wildman–Crippen MR) is 94.1 cm³/mol. The highest BCUT2D eigenvalue weighted by molar-refractivity contribution is 7.89. The van der Waals surface area contributed by atoms with Crippen LogP contribution >= 0.6 is 0 Å². The van der Waals surface area contributed by atoms with Crippen LogP contribution in [0.25, 0.3) is 0 Å². The second-order valence-electron chi connectivity index (χ2n) is 6.51. The number of carbonyl (C=O) groups excluding carboxylic acids is 1. The van der Waals surface area contributed by atoms with Crippen LogP contribution in [-0.2, 0) is 14.8 Å². The van der Waals surface area contributed by atoms with Crippen molar-refractivity contribution in [2.75, 3.05) is 46.4 Å². The third kappa shape index (κ3) is 3.57. The Morgan fingerprint density at radius 3 is 2.64 bits per heavy atom. The highest BCUT2D eigenvalue weighted by Crippen LogP contribution is 2.27. The van der Waals surface area contributed by atoms with Crippen LogP contribution in [0.15, 0.2) is 23.1 Å². The van der Waals surface area contributed by atoms with E-state index in [4.69, 9.17) is 4.74 Å². The summed E-state index contributed by atoms with van der Waals surface area (Å²) < 4.78 is 32.5. The molecule has 0 saturated carbocycles. The van der Waals surface area contributed by atoms with Crippen molar-refractivity contribution in [3.05, 3.63) is 29.3 Å². The first-order valence-corrected chi connectivity index (χ1v) is 10.0. The molecule has 0 amide bonds. The zero-order chi connectivity index (χ0) is 18.0. The van der Waals surface area contributed by atoms with Gasteiger partial charge in [-0.3, -0.25) is 4.90 Å². The monoisotopic (exact) mass is 367 g/mol. The smallest absolute Gasteiger partial charge is 0.338 e. The molecule has 8 heteroatoms. The lowest BCUT2D eigenvalue weighted by molar-refractivity contribution is 0.0599. The van der Waals surface area contributed by atoms with Crippen molar-refractivity contribution in [2.45, 2.75) is 24.3 Å². The Morgan fingerprint density at radius 1 is 1.24 bits per heavy atom. The molecule has 0 radical (unpaired) electrons.